The molecule has 2 amide bonds. The van der Waals surface area contributed by atoms with E-state index >= 15 is 0 Å². The molecule has 0 bridgehead atoms. The molecular formula is C18H23N3O3. The van der Waals surface area contributed by atoms with Gasteiger partial charge in [-0.05, 0) is 31.4 Å². The van der Waals surface area contributed by atoms with Crippen LogP contribution in [0.25, 0.3) is 0 Å². The summed E-state index contributed by atoms with van der Waals surface area (Å²) >= 11 is 0. The third-order valence-corrected chi connectivity index (χ3v) is 4.78. The van der Waals surface area contributed by atoms with Crippen molar-refractivity contribution in [1.82, 2.24) is 15.2 Å². The molecular weight excluding hydrogens is 306 g/mol. The third-order valence-electron chi connectivity index (χ3n) is 4.78. The lowest BCUT2D eigenvalue weighted by atomic mass is 9.94. The summed E-state index contributed by atoms with van der Waals surface area (Å²) < 4.78 is 5.78. The van der Waals surface area contributed by atoms with E-state index in [0.29, 0.717) is 32.5 Å². The number of rotatable bonds is 4. The Morgan fingerprint density at radius 3 is 2.79 bits per heavy atom. The van der Waals surface area contributed by atoms with Crippen LogP contribution >= 0.6 is 0 Å². The number of ether oxygens (including phenoxy) is 1. The minimum Gasteiger partial charge on any atom is -0.371 e. The van der Waals surface area contributed by atoms with E-state index in [9.17, 15) is 9.59 Å². The average Bonchev–Trinajstić information content (AvgIpc) is 3.10. The molecule has 6 heteroatoms. The highest BCUT2D eigenvalue weighted by atomic mass is 16.5. The van der Waals surface area contributed by atoms with Crippen LogP contribution in [0.1, 0.15) is 30.9 Å². The predicted molar refractivity (Wildman–Crippen MR) is 89.0 cm³/mol. The van der Waals surface area contributed by atoms with Crippen molar-refractivity contribution < 1.29 is 14.3 Å². The minimum atomic E-state index is -0.134. The molecule has 3 heterocycles. The van der Waals surface area contributed by atoms with Gasteiger partial charge >= 0.3 is 0 Å². The Morgan fingerprint density at radius 2 is 2.12 bits per heavy atom. The van der Waals surface area contributed by atoms with Gasteiger partial charge in [-0.3, -0.25) is 14.6 Å². The maximum Gasteiger partial charge on any atom is 0.245 e. The second-order valence-electron chi connectivity index (χ2n) is 6.29. The Hall–Kier alpha value is -2.21. The average molecular weight is 329 g/mol. The van der Waals surface area contributed by atoms with E-state index < -0.39 is 0 Å². The number of nitrogens with zero attached hydrogens (tertiary/aromatic N) is 2. The van der Waals surface area contributed by atoms with Crippen molar-refractivity contribution in [3.05, 3.63) is 42.7 Å². The molecule has 128 valence electrons. The van der Waals surface area contributed by atoms with E-state index in [0.717, 1.165) is 12.0 Å². The normalized spacial score (nSPS) is 24.6. The Bertz CT molecular complexity index is 597. The summed E-state index contributed by atoms with van der Waals surface area (Å²) in [7, 11) is 0. The van der Waals surface area contributed by atoms with Crippen LogP contribution in [0, 0.1) is 5.92 Å². The summed E-state index contributed by atoms with van der Waals surface area (Å²) in [5.41, 5.74) is 0.992. The van der Waals surface area contributed by atoms with E-state index in [2.05, 4.69) is 16.9 Å². The second kappa shape index (κ2) is 7.57. The summed E-state index contributed by atoms with van der Waals surface area (Å²) in [6.07, 6.45) is 6.89. The summed E-state index contributed by atoms with van der Waals surface area (Å²) in [5, 5.41) is 3.14. The highest BCUT2D eigenvalue weighted by molar-refractivity contribution is 5.87. The van der Waals surface area contributed by atoms with Crippen molar-refractivity contribution in [2.45, 2.75) is 31.4 Å². The monoisotopic (exact) mass is 329 g/mol. The highest BCUT2D eigenvalue weighted by Crippen LogP contribution is 2.29. The molecule has 0 radical (unpaired) electrons. The Kier molecular flexibility index (Phi) is 5.25. The molecule has 0 spiro atoms. The van der Waals surface area contributed by atoms with Crippen LogP contribution in [0.5, 0.6) is 0 Å². The van der Waals surface area contributed by atoms with Gasteiger partial charge in [0.2, 0.25) is 11.8 Å². The van der Waals surface area contributed by atoms with Gasteiger partial charge in [0, 0.05) is 43.6 Å². The number of nitrogens with one attached hydrogen (secondary N) is 1. The van der Waals surface area contributed by atoms with Crippen LogP contribution in [0.4, 0.5) is 0 Å². The smallest absolute Gasteiger partial charge is 0.245 e. The topological polar surface area (TPSA) is 71.5 Å². The van der Waals surface area contributed by atoms with Gasteiger partial charge in [0.1, 0.15) is 6.10 Å². The second-order valence-corrected chi connectivity index (χ2v) is 6.29. The Morgan fingerprint density at radius 1 is 1.33 bits per heavy atom. The predicted octanol–water partition coefficient (Wildman–Crippen LogP) is 1.45. The van der Waals surface area contributed by atoms with E-state index in [1.54, 1.807) is 17.3 Å². The van der Waals surface area contributed by atoms with Crippen molar-refractivity contribution in [3.63, 3.8) is 0 Å². The van der Waals surface area contributed by atoms with Crippen LogP contribution in [0.2, 0.25) is 0 Å². The number of piperidine rings is 1. The first kappa shape index (κ1) is 16.6. The van der Waals surface area contributed by atoms with Gasteiger partial charge in [-0.15, -0.1) is 0 Å². The third kappa shape index (κ3) is 3.64. The van der Waals surface area contributed by atoms with Crippen LogP contribution in [-0.2, 0) is 14.3 Å². The maximum atomic E-state index is 12.6. The molecule has 1 aromatic rings. The zero-order valence-electron chi connectivity index (χ0n) is 13.7. The standard InChI is InChI=1S/C18H23N3O3/c1-2-16(22)21-9-5-13(6-10-21)18(23)20-15-7-11-24-17(15)14-4-3-8-19-12-14/h2-4,8,12-13,15,17H,1,5-7,9-11H2,(H,20,23)/t15-,17+/m1/s1. The van der Waals surface area contributed by atoms with E-state index in [1.807, 2.05) is 12.1 Å². The molecule has 2 saturated heterocycles. The molecule has 0 saturated carbocycles. The number of carbonyl (C=O) groups is 2. The summed E-state index contributed by atoms with van der Waals surface area (Å²) in [6, 6.07) is 3.83. The Balaban J connectivity index is 1.55. The summed E-state index contributed by atoms with van der Waals surface area (Å²) in [4.78, 5) is 30.0. The number of hydrogen-bond donors (Lipinski definition) is 1. The van der Waals surface area contributed by atoms with Gasteiger partial charge < -0.3 is 15.0 Å². The van der Waals surface area contributed by atoms with Gasteiger partial charge in [-0.25, -0.2) is 0 Å². The SMILES string of the molecule is C=CC(=O)N1CCC(C(=O)N[C@@H]2CCO[C@H]2c2cccnc2)CC1. The lowest BCUT2D eigenvalue weighted by Crippen LogP contribution is -2.45. The first-order chi connectivity index (χ1) is 11.7. The molecule has 6 nitrogen and oxygen atoms in total. The zero-order valence-corrected chi connectivity index (χ0v) is 13.7. The number of aromatic nitrogens is 1. The fourth-order valence-corrected chi connectivity index (χ4v) is 3.40. The molecule has 0 aliphatic carbocycles. The Labute approximate surface area is 141 Å². The fourth-order valence-electron chi connectivity index (χ4n) is 3.40. The lowest BCUT2D eigenvalue weighted by Gasteiger charge is -2.31. The van der Waals surface area contributed by atoms with Gasteiger partial charge in [-0.1, -0.05) is 12.6 Å². The fraction of sp³-hybridized carbons (Fsp3) is 0.500. The van der Waals surface area contributed by atoms with Gasteiger partial charge in [0.15, 0.2) is 0 Å². The van der Waals surface area contributed by atoms with E-state index in [-0.39, 0.29) is 29.9 Å². The lowest BCUT2D eigenvalue weighted by molar-refractivity contribution is -0.132. The molecule has 0 unspecified atom stereocenters. The van der Waals surface area contributed by atoms with Crippen molar-refractivity contribution in [3.8, 4) is 0 Å². The maximum absolute atomic E-state index is 12.6. The van der Waals surface area contributed by atoms with E-state index in [1.165, 1.54) is 6.08 Å². The van der Waals surface area contributed by atoms with Crippen molar-refractivity contribution in [2.75, 3.05) is 19.7 Å². The van der Waals surface area contributed by atoms with Crippen LogP contribution < -0.4 is 5.32 Å². The molecule has 2 fully saturated rings. The van der Waals surface area contributed by atoms with Crippen molar-refractivity contribution in [1.29, 1.82) is 0 Å². The number of amides is 2. The first-order valence-corrected chi connectivity index (χ1v) is 8.42. The van der Waals surface area contributed by atoms with Crippen molar-refractivity contribution in [2.24, 2.45) is 5.92 Å². The largest absolute Gasteiger partial charge is 0.371 e. The molecule has 1 aromatic heterocycles. The van der Waals surface area contributed by atoms with Gasteiger partial charge in [0.25, 0.3) is 0 Å². The van der Waals surface area contributed by atoms with Gasteiger partial charge in [-0.2, -0.15) is 0 Å². The number of carbonyl (C=O) groups excluding carboxylic acids is 2. The molecule has 2 atom stereocenters. The quantitative estimate of drug-likeness (QED) is 0.849. The number of likely N-dealkylation sites (tertiary alicyclic amines) is 1. The first-order valence-electron chi connectivity index (χ1n) is 8.42. The molecule has 2 aliphatic heterocycles. The molecule has 24 heavy (non-hydrogen) atoms. The van der Waals surface area contributed by atoms with Crippen LogP contribution in [0.15, 0.2) is 37.2 Å². The molecule has 1 N–H and O–H groups in total. The molecule has 2 aliphatic rings. The highest BCUT2D eigenvalue weighted by Gasteiger charge is 2.34. The molecule has 0 aromatic carbocycles. The zero-order chi connectivity index (χ0) is 16.9. The molecule has 3 rings (SSSR count). The minimum absolute atomic E-state index is 0.0189. The number of pyridine rings is 1. The van der Waals surface area contributed by atoms with Gasteiger partial charge in [0.05, 0.1) is 6.04 Å². The van der Waals surface area contributed by atoms with Crippen LogP contribution in [-0.4, -0.2) is 47.4 Å². The summed E-state index contributed by atoms with van der Waals surface area (Å²) in [5.74, 6) is -0.0474. The van der Waals surface area contributed by atoms with Crippen molar-refractivity contribution >= 4 is 11.8 Å². The van der Waals surface area contributed by atoms with Crippen LogP contribution in [0.3, 0.4) is 0 Å². The summed E-state index contributed by atoms with van der Waals surface area (Å²) in [6.45, 7) is 5.36. The number of hydrogen-bond acceptors (Lipinski definition) is 4. The van der Waals surface area contributed by atoms with E-state index in [4.69, 9.17) is 4.74 Å².